The fourth-order valence-electron chi connectivity index (χ4n) is 3.34. The summed E-state index contributed by atoms with van der Waals surface area (Å²) in [6.07, 6.45) is 0.328. The van der Waals surface area contributed by atoms with Crippen molar-refractivity contribution in [3.63, 3.8) is 0 Å². The molecule has 1 heterocycles. The lowest BCUT2D eigenvalue weighted by Gasteiger charge is -2.21. The average Bonchev–Trinajstić information content (AvgIpc) is 2.87. The van der Waals surface area contributed by atoms with E-state index in [-0.39, 0.29) is 12.1 Å². The number of carbonyl (C=O) groups excluding carboxylic acids is 1. The van der Waals surface area contributed by atoms with Gasteiger partial charge in [0.15, 0.2) is 0 Å². The highest BCUT2D eigenvalue weighted by molar-refractivity contribution is 7.98. The molecular weight excluding hydrogens is 354 g/mol. The van der Waals surface area contributed by atoms with Gasteiger partial charge in [0.25, 0.3) is 0 Å². The second-order valence-corrected chi connectivity index (χ2v) is 7.49. The van der Waals surface area contributed by atoms with Gasteiger partial charge in [-0.3, -0.25) is 0 Å². The number of ether oxygens (including phenoxy) is 1. The molecule has 1 amide bonds. The van der Waals surface area contributed by atoms with Gasteiger partial charge >= 0.3 is 6.09 Å². The maximum atomic E-state index is 12.5. The SMILES string of the molecule is O=C(N[C@H]1c2ccccc2CSc2ccccc21)OCCc1ccccc1. The highest BCUT2D eigenvalue weighted by Gasteiger charge is 2.25. The van der Waals surface area contributed by atoms with Crippen LogP contribution in [0.2, 0.25) is 0 Å². The monoisotopic (exact) mass is 375 g/mol. The Bertz CT molecular complexity index is 879. The summed E-state index contributed by atoms with van der Waals surface area (Å²) in [4.78, 5) is 13.7. The number of hydrogen-bond donors (Lipinski definition) is 1. The van der Waals surface area contributed by atoms with Crippen LogP contribution in [0.25, 0.3) is 0 Å². The molecule has 4 rings (SSSR count). The summed E-state index contributed by atoms with van der Waals surface area (Å²) in [6, 6.07) is 26.4. The Kier molecular flexibility index (Phi) is 5.45. The lowest BCUT2D eigenvalue weighted by Crippen LogP contribution is -2.31. The van der Waals surface area contributed by atoms with Gasteiger partial charge < -0.3 is 10.1 Å². The van der Waals surface area contributed by atoms with Gasteiger partial charge in [0.05, 0.1) is 12.6 Å². The minimum absolute atomic E-state index is 0.198. The van der Waals surface area contributed by atoms with Gasteiger partial charge in [0.1, 0.15) is 0 Å². The Balaban J connectivity index is 1.49. The molecule has 1 N–H and O–H groups in total. The fourth-order valence-corrected chi connectivity index (χ4v) is 4.44. The summed E-state index contributed by atoms with van der Waals surface area (Å²) in [7, 11) is 0. The Morgan fingerprint density at radius 1 is 0.926 bits per heavy atom. The molecule has 27 heavy (non-hydrogen) atoms. The molecule has 3 aromatic carbocycles. The number of carbonyl (C=O) groups is 1. The molecule has 0 bridgehead atoms. The van der Waals surface area contributed by atoms with E-state index in [4.69, 9.17) is 4.74 Å². The van der Waals surface area contributed by atoms with Crippen molar-refractivity contribution in [2.75, 3.05) is 6.61 Å². The van der Waals surface area contributed by atoms with Crippen LogP contribution in [0.15, 0.2) is 83.8 Å². The third-order valence-corrected chi connectivity index (χ3v) is 5.85. The lowest BCUT2D eigenvalue weighted by atomic mass is 9.95. The molecule has 1 aliphatic heterocycles. The molecule has 3 nitrogen and oxygen atoms in total. The number of alkyl carbamates (subject to hydrolysis) is 1. The molecule has 1 atom stereocenters. The molecule has 0 radical (unpaired) electrons. The molecule has 0 spiro atoms. The van der Waals surface area contributed by atoms with E-state index in [9.17, 15) is 4.79 Å². The van der Waals surface area contributed by atoms with Crippen molar-refractivity contribution in [2.24, 2.45) is 0 Å². The second kappa shape index (κ2) is 8.31. The van der Waals surface area contributed by atoms with E-state index >= 15 is 0 Å². The summed E-state index contributed by atoms with van der Waals surface area (Å²) in [5, 5.41) is 3.08. The Labute approximate surface area is 163 Å². The van der Waals surface area contributed by atoms with Gasteiger partial charge in [-0.05, 0) is 28.3 Å². The molecule has 136 valence electrons. The third-order valence-electron chi connectivity index (χ3n) is 4.71. The maximum absolute atomic E-state index is 12.5. The minimum atomic E-state index is -0.382. The van der Waals surface area contributed by atoms with E-state index in [1.807, 2.05) is 54.6 Å². The van der Waals surface area contributed by atoms with Gasteiger partial charge in [-0.1, -0.05) is 72.8 Å². The first-order chi connectivity index (χ1) is 13.3. The van der Waals surface area contributed by atoms with E-state index in [0.29, 0.717) is 13.0 Å². The normalized spacial score (nSPS) is 15.2. The van der Waals surface area contributed by atoms with Gasteiger partial charge in [0, 0.05) is 17.1 Å². The maximum Gasteiger partial charge on any atom is 0.407 e. The van der Waals surface area contributed by atoms with E-state index < -0.39 is 0 Å². The van der Waals surface area contributed by atoms with Gasteiger partial charge in [-0.2, -0.15) is 0 Å². The van der Waals surface area contributed by atoms with Crippen LogP contribution in [-0.4, -0.2) is 12.7 Å². The first kappa shape index (κ1) is 17.7. The lowest BCUT2D eigenvalue weighted by molar-refractivity contribution is 0.145. The second-order valence-electron chi connectivity index (χ2n) is 6.47. The Hall–Kier alpha value is -2.72. The smallest absolute Gasteiger partial charge is 0.407 e. The van der Waals surface area contributed by atoms with Crippen LogP contribution in [0.1, 0.15) is 28.3 Å². The zero-order valence-electron chi connectivity index (χ0n) is 14.9. The van der Waals surface area contributed by atoms with Gasteiger partial charge in [-0.25, -0.2) is 4.79 Å². The standard InChI is InChI=1S/C23H21NO2S/c25-23(26-15-14-17-8-2-1-3-9-17)24-22-19-11-5-4-10-18(19)16-27-21-13-7-6-12-20(21)22/h1-13,22H,14-16H2,(H,24,25)/t22-/m0/s1. The highest BCUT2D eigenvalue weighted by Crippen LogP contribution is 2.39. The molecule has 0 aliphatic carbocycles. The van der Waals surface area contributed by atoms with Crippen LogP contribution in [-0.2, 0) is 16.9 Å². The zero-order chi connectivity index (χ0) is 18.5. The van der Waals surface area contributed by atoms with Crippen molar-refractivity contribution in [1.29, 1.82) is 0 Å². The highest BCUT2D eigenvalue weighted by atomic mass is 32.2. The van der Waals surface area contributed by atoms with Crippen LogP contribution in [0.4, 0.5) is 4.79 Å². The third kappa shape index (κ3) is 4.17. The summed E-state index contributed by atoms with van der Waals surface area (Å²) >= 11 is 1.81. The molecule has 0 aromatic heterocycles. The van der Waals surface area contributed by atoms with E-state index in [1.54, 1.807) is 11.8 Å². The van der Waals surface area contributed by atoms with Crippen LogP contribution in [0.3, 0.4) is 0 Å². The Morgan fingerprint density at radius 2 is 1.63 bits per heavy atom. The molecule has 0 fully saturated rings. The van der Waals surface area contributed by atoms with Gasteiger partial charge in [-0.15, -0.1) is 11.8 Å². The molecule has 0 saturated carbocycles. The number of thioether (sulfide) groups is 1. The van der Waals surface area contributed by atoms with Gasteiger partial charge in [0.2, 0.25) is 0 Å². The molecule has 1 aliphatic rings. The molecule has 0 unspecified atom stereocenters. The fraction of sp³-hybridized carbons (Fsp3) is 0.174. The summed E-state index contributed by atoms with van der Waals surface area (Å²) in [5.74, 6) is 0.897. The van der Waals surface area contributed by atoms with Crippen molar-refractivity contribution in [1.82, 2.24) is 5.32 Å². The topological polar surface area (TPSA) is 38.3 Å². The van der Waals surface area contributed by atoms with E-state index in [2.05, 4.69) is 29.6 Å². The number of nitrogens with one attached hydrogen (secondary N) is 1. The van der Waals surface area contributed by atoms with Crippen LogP contribution in [0.5, 0.6) is 0 Å². The minimum Gasteiger partial charge on any atom is -0.449 e. The summed E-state index contributed by atoms with van der Waals surface area (Å²) in [6.45, 7) is 0.362. The average molecular weight is 375 g/mol. The molecular formula is C23H21NO2S. The first-order valence-corrected chi connectivity index (χ1v) is 10.1. The number of hydrogen-bond acceptors (Lipinski definition) is 3. The first-order valence-electron chi connectivity index (χ1n) is 9.08. The number of benzene rings is 3. The molecule has 0 saturated heterocycles. The van der Waals surface area contributed by atoms with Crippen LogP contribution >= 0.6 is 11.8 Å². The summed E-state index contributed by atoms with van der Waals surface area (Å²) < 4.78 is 5.46. The van der Waals surface area contributed by atoms with Crippen molar-refractivity contribution in [3.8, 4) is 0 Å². The Morgan fingerprint density at radius 3 is 2.48 bits per heavy atom. The van der Waals surface area contributed by atoms with Crippen molar-refractivity contribution in [2.45, 2.75) is 23.1 Å². The van der Waals surface area contributed by atoms with Crippen molar-refractivity contribution in [3.05, 3.63) is 101 Å². The van der Waals surface area contributed by atoms with Crippen LogP contribution < -0.4 is 5.32 Å². The predicted molar refractivity (Wildman–Crippen MR) is 109 cm³/mol. The number of amides is 1. The summed E-state index contributed by atoms with van der Waals surface area (Å²) in [5.41, 5.74) is 4.66. The van der Waals surface area contributed by atoms with Crippen molar-refractivity contribution < 1.29 is 9.53 Å². The number of rotatable bonds is 4. The van der Waals surface area contributed by atoms with E-state index in [0.717, 1.165) is 22.4 Å². The van der Waals surface area contributed by atoms with E-state index in [1.165, 1.54) is 10.5 Å². The largest absolute Gasteiger partial charge is 0.449 e. The zero-order valence-corrected chi connectivity index (χ0v) is 15.7. The van der Waals surface area contributed by atoms with Crippen LogP contribution in [0, 0.1) is 0 Å². The molecule has 4 heteroatoms. The van der Waals surface area contributed by atoms with Crippen molar-refractivity contribution >= 4 is 17.9 Å². The molecule has 3 aromatic rings. The quantitative estimate of drug-likeness (QED) is 0.668. The number of fused-ring (bicyclic) bond motifs is 2. The predicted octanol–water partition coefficient (Wildman–Crippen LogP) is 5.35.